The molecule has 0 N–H and O–H groups in total. The minimum absolute atomic E-state index is 0. The van der Waals surface area contributed by atoms with Crippen LogP contribution >= 0.6 is 24.8 Å². The van der Waals surface area contributed by atoms with E-state index in [2.05, 4.69) is 0 Å². The van der Waals surface area contributed by atoms with Gasteiger partial charge in [0.2, 0.25) is 0 Å². The molecule has 0 radical (unpaired) electrons. The second-order valence-corrected chi connectivity index (χ2v) is 0. The zero-order valence-corrected chi connectivity index (χ0v) is 13.2. The molecule has 0 heterocycles. The average molecular weight is 388 g/mol. The first-order valence-electron chi connectivity index (χ1n) is 0.204. The third-order valence-corrected chi connectivity index (χ3v) is 0. The Labute approximate surface area is 123 Å². The zero-order valence-electron chi connectivity index (χ0n) is 3.19. The Bertz CT molecular complexity index is 11.7. The third kappa shape index (κ3) is 44.4. The zero-order chi connectivity index (χ0) is 2.00. The normalized spacial score (nSPS) is 0.429. The summed E-state index contributed by atoms with van der Waals surface area (Å²) in [5.41, 5.74) is 0. The maximum atomic E-state index is 8.34. The topological polar surface area (TPSA) is 17.1 Å². The van der Waals surface area contributed by atoms with E-state index in [9.17, 15) is 0 Å². The first kappa shape index (κ1) is 47.4. The molecule has 42 valence electrons. The van der Waals surface area contributed by atoms with Crippen LogP contribution in [-0.4, -0.2) is 48.9 Å². The molecule has 0 aliphatic carbocycles. The molecule has 0 aromatic rings. The van der Waals surface area contributed by atoms with Gasteiger partial charge in [0.15, 0.2) is 0 Å². The number of hydrogen-bond acceptors (Lipinski definition) is 1. The summed E-state index contributed by atoms with van der Waals surface area (Å²) in [5, 5.41) is 0. The Morgan fingerprint density at radius 3 is 0.857 bits per heavy atom. The van der Waals surface area contributed by atoms with Crippen molar-refractivity contribution in [2.75, 3.05) is 0 Å². The summed E-state index contributed by atoms with van der Waals surface area (Å²) in [6, 6.07) is 0. The summed E-state index contributed by atoms with van der Waals surface area (Å²) in [6.07, 6.45) is 0. The maximum absolute atomic E-state index is 8.34. The van der Waals surface area contributed by atoms with Crippen molar-refractivity contribution in [1.82, 2.24) is 0 Å². The van der Waals surface area contributed by atoms with E-state index in [1.807, 2.05) is 0 Å². The molecular weight excluding hydrogens is 386 g/mol. The SMILES string of the molecule is Cl.Cl.[Ba+2].[Cl-].[Cl-].[O]=[Zr]. The molecule has 0 amide bonds. The van der Waals surface area contributed by atoms with Gasteiger partial charge in [-0.15, -0.1) is 24.8 Å². The Balaban J connectivity index is -0.000000000500. The van der Waals surface area contributed by atoms with Gasteiger partial charge >= 0.3 is 76.4 Å². The van der Waals surface area contributed by atoms with Crippen molar-refractivity contribution in [2.24, 2.45) is 0 Å². The van der Waals surface area contributed by atoms with Crippen molar-refractivity contribution >= 4 is 73.7 Å². The number of rotatable bonds is 0. The van der Waals surface area contributed by atoms with E-state index < -0.39 is 0 Å². The molecule has 0 saturated carbocycles. The molecule has 0 aliphatic heterocycles. The van der Waals surface area contributed by atoms with Crippen LogP contribution in [0.3, 0.4) is 0 Å². The Kier molecular flexibility index (Phi) is 387. The molecule has 0 bridgehead atoms. The molecule has 0 spiro atoms. The fourth-order valence-electron chi connectivity index (χ4n) is 0. The molecule has 0 aromatic heterocycles. The van der Waals surface area contributed by atoms with E-state index in [1.165, 1.54) is 0 Å². The summed E-state index contributed by atoms with van der Waals surface area (Å²) in [5.74, 6) is 0. The van der Waals surface area contributed by atoms with Crippen LogP contribution in [0.25, 0.3) is 0 Å². The van der Waals surface area contributed by atoms with Gasteiger partial charge in [-0.05, 0) is 0 Å². The van der Waals surface area contributed by atoms with Gasteiger partial charge in [-0.3, -0.25) is 0 Å². The molecule has 0 fully saturated rings. The predicted octanol–water partition coefficient (Wildman–Crippen LogP) is -5.65. The fraction of sp³-hybridized carbons (Fsp3) is 0. The first-order valence-corrected chi connectivity index (χ1v) is 1.21. The second kappa shape index (κ2) is 57.2. The standard InChI is InChI=1S/Ba.4ClH.O.Zr/h;4*1H;;/q+2;;;;;;/p-2. The molecule has 7 heavy (non-hydrogen) atoms. The average Bonchev–Trinajstić information content (AvgIpc) is 1.00. The van der Waals surface area contributed by atoms with Crippen LogP contribution in [-0.2, 0) is 27.5 Å². The van der Waals surface area contributed by atoms with E-state index in [0.29, 0.717) is 24.7 Å². The van der Waals surface area contributed by atoms with E-state index in [-0.39, 0.29) is 98.5 Å². The van der Waals surface area contributed by atoms with Gasteiger partial charge in [0, 0.05) is 0 Å². The fourth-order valence-corrected chi connectivity index (χ4v) is 0. The monoisotopic (exact) mass is 386 g/mol. The molecule has 0 saturated heterocycles. The Morgan fingerprint density at radius 2 is 0.857 bits per heavy atom. The third-order valence-electron chi connectivity index (χ3n) is 0. The van der Waals surface area contributed by atoms with Gasteiger partial charge < -0.3 is 24.8 Å². The van der Waals surface area contributed by atoms with Crippen molar-refractivity contribution in [3.05, 3.63) is 0 Å². The summed E-state index contributed by atoms with van der Waals surface area (Å²) < 4.78 is 8.34. The summed E-state index contributed by atoms with van der Waals surface area (Å²) in [4.78, 5) is 0. The minimum atomic E-state index is 0. The van der Waals surface area contributed by atoms with Gasteiger partial charge in [-0.2, -0.15) is 0 Å². The molecule has 0 aliphatic rings. The quantitative estimate of drug-likeness (QED) is 0.379. The summed E-state index contributed by atoms with van der Waals surface area (Å²) in [6.45, 7) is 0. The molecular formula is H2BaCl4OZr. The molecule has 1 nitrogen and oxygen atoms in total. The van der Waals surface area contributed by atoms with Crippen molar-refractivity contribution in [2.45, 2.75) is 0 Å². The first-order chi connectivity index (χ1) is 1.00. The summed E-state index contributed by atoms with van der Waals surface area (Å²) >= 11 is 0.300. The van der Waals surface area contributed by atoms with E-state index in [4.69, 9.17) is 2.81 Å². The van der Waals surface area contributed by atoms with Gasteiger partial charge in [0.1, 0.15) is 0 Å². The molecule has 0 atom stereocenters. The van der Waals surface area contributed by atoms with E-state index in [0.717, 1.165) is 0 Å². The van der Waals surface area contributed by atoms with Crippen LogP contribution in [0.5, 0.6) is 0 Å². The van der Waals surface area contributed by atoms with E-state index >= 15 is 0 Å². The summed E-state index contributed by atoms with van der Waals surface area (Å²) in [7, 11) is 0. The van der Waals surface area contributed by atoms with Crippen molar-refractivity contribution in [1.29, 1.82) is 0 Å². The van der Waals surface area contributed by atoms with Crippen LogP contribution in [0.1, 0.15) is 0 Å². The van der Waals surface area contributed by atoms with Crippen molar-refractivity contribution < 1.29 is 52.4 Å². The Hall–Kier alpha value is 3.41. The molecule has 0 unspecified atom stereocenters. The predicted molar refractivity (Wildman–Crippen MR) is 20.9 cm³/mol. The second-order valence-electron chi connectivity index (χ2n) is 0. The Morgan fingerprint density at radius 1 is 0.857 bits per heavy atom. The van der Waals surface area contributed by atoms with Gasteiger partial charge in [0.05, 0.1) is 0 Å². The van der Waals surface area contributed by atoms with Crippen LogP contribution < -0.4 is 24.8 Å². The number of hydrogen-bond donors (Lipinski definition) is 0. The van der Waals surface area contributed by atoms with Gasteiger partial charge in [0.25, 0.3) is 0 Å². The molecule has 7 heteroatoms. The van der Waals surface area contributed by atoms with Gasteiger partial charge in [-0.1, -0.05) is 0 Å². The van der Waals surface area contributed by atoms with Crippen molar-refractivity contribution in [3.63, 3.8) is 0 Å². The number of halogens is 4. The van der Waals surface area contributed by atoms with Crippen LogP contribution in [0.2, 0.25) is 0 Å². The molecule has 0 rings (SSSR count). The molecule has 0 aromatic carbocycles. The van der Waals surface area contributed by atoms with Crippen LogP contribution in [0.4, 0.5) is 0 Å². The van der Waals surface area contributed by atoms with Gasteiger partial charge in [-0.25, -0.2) is 0 Å². The van der Waals surface area contributed by atoms with E-state index in [1.54, 1.807) is 0 Å². The van der Waals surface area contributed by atoms with Crippen LogP contribution in [0.15, 0.2) is 0 Å². The van der Waals surface area contributed by atoms with Crippen molar-refractivity contribution in [3.8, 4) is 0 Å². The van der Waals surface area contributed by atoms with Crippen LogP contribution in [0, 0.1) is 0 Å².